The van der Waals surface area contributed by atoms with Crippen LogP contribution in [0.25, 0.3) is 0 Å². The van der Waals surface area contributed by atoms with Gasteiger partial charge >= 0.3 is 6.03 Å². The molecule has 0 spiro atoms. The minimum Gasteiger partial charge on any atom is -0.493 e. The van der Waals surface area contributed by atoms with Gasteiger partial charge in [-0.3, -0.25) is 10.1 Å². The minimum atomic E-state index is -0.492. The molecular formula is C17H20N4O5S. The third-order valence-electron chi connectivity index (χ3n) is 3.92. The van der Waals surface area contributed by atoms with Gasteiger partial charge in [-0.1, -0.05) is 11.3 Å². The summed E-state index contributed by atoms with van der Waals surface area (Å²) >= 11 is 1.15. The van der Waals surface area contributed by atoms with E-state index in [9.17, 15) is 9.59 Å². The zero-order valence-electron chi connectivity index (χ0n) is 15.2. The maximum Gasteiger partial charge on any atom is 0.325 e. The number of nitrogens with zero attached hydrogens (tertiary/aromatic N) is 1. The molecule has 0 saturated carbocycles. The van der Waals surface area contributed by atoms with Gasteiger partial charge in [-0.2, -0.15) is 0 Å². The van der Waals surface area contributed by atoms with Crippen molar-refractivity contribution in [1.29, 1.82) is 0 Å². The number of rotatable bonds is 5. The van der Waals surface area contributed by atoms with E-state index in [0.717, 1.165) is 17.8 Å². The Morgan fingerprint density at radius 3 is 2.48 bits per heavy atom. The summed E-state index contributed by atoms with van der Waals surface area (Å²) in [6.07, 6.45) is 1.51. The summed E-state index contributed by atoms with van der Waals surface area (Å²) in [5.41, 5.74) is 1.16. The number of fused-ring (bicyclic) bond motifs is 1. The van der Waals surface area contributed by atoms with E-state index < -0.39 is 6.03 Å². The molecule has 10 heteroatoms. The van der Waals surface area contributed by atoms with E-state index in [1.165, 1.54) is 21.3 Å². The number of benzene rings is 1. The average molecular weight is 392 g/mol. The molecule has 3 amide bonds. The third kappa shape index (κ3) is 4.05. The Hall–Kier alpha value is -3.01. The molecule has 1 aliphatic rings. The molecule has 0 atom stereocenters. The van der Waals surface area contributed by atoms with Crippen LogP contribution in [0.3, 0.4) is 0 Å². The molecule has 1 aromatic carbocycles. The van der Waals surface area contributed by atoms with Gasteiger partial charge in [0.25, 0.3) is 5.91 Å². The number of carbonyl (C=O) groups is 2. The number of carbonyl (C=O) groups excluding carboxylic acids is 2. The maximum atomic E-state index is 12.3. The molecule has 27 heavy (non-hydrogen) atoms. The lowest BCUT2D eigenvalue weighted by Gasteiger charge is -2.14. The van der Waals surface area contributed by atoms with Crippen molar-refractivity contribution in [3.63, 3.8) is 0 Å². The number of aryl methyl sites for hydroxylation is 1. The van der Waals surface area contributed by atoms with Crippen LogP contribution in [0.2, 0.25) is 0 Å². The summed E-state index contributed by atoms with van der Waals surface area (Å²) in [6.45, 7) is 0.631. The first-order valence-corrected chi connectivity index (χ1v) is 9.03. The summed E-state index contributed by atoms with van der Waals surface area (Å²) in [7, 11) is 4.49. The fraction of sp³-hybridized carbons (Fsp3) is 0.353. The number of aromatic nitrogens is 1. The molecular weight excluding hydrogens is 372 g/mol. The lowest BCUT2D eigenvalue weighted by Crippen LogP contribution is -2.21. The van der Waals surface area contributed by atoms with Gasteiger partial charge in [0, 0.05) is 18.7 Å². The smallest absolute Gasteiger partial charge is 0.325 e. The number of urea groups is 1. The molecule has 1 aliphatic heterocycles. The third-order valence-corrected chi connectivity index (χ3v) is 4.93. The van der Waals surface area contributed by atoms with Crippen LogP contribution in [0, 0.1) is 0 Å². The van der Waals surface area contributed by atoms with Crippen molar-refractivity contribution in [2.75, 3.05) is 38.5 Å². The summed E-state index contributed by atoms with van der Waals surface area (Å²) in [4.78, 5) is 29.2. The average Bonchev–Trinajstić information content (AvgIpc) is 2.98. The Balaban J connectivity index is 1.75. The fourth-order valence-electron chi connectivity index (χ4n) is 2.70. The second-order valence-electron chi connectivity index (χ2n) is 5.65. The number of amides is 3. The second-order valence-corrected chi connectivity index (χ2v) is 6.65. The molecule has 9 nitrogen and oxygen atoms in total. The first-order valence-electron chi connectivity index (χ1n) is 8.21. The van der Waals surface area contributed by atoms with Crippen LogP contribution in [0.1, 0.15) is 21.8 Å². The van der Waals surface area contributed by atoms with Gasteiger partial charge < -0.3 is 24.8 Å². The highest BCUT2D eigenvalue weighted by molar-refractivity contribution is 7.17. The number of methoxy groups -OCH3 is 3. The zero-order valence-corrected chi connectivity index (χ0v) is 16.0. The molecule has 0 fully saturated rings. The maximum absolute atomic E-state index is 12.3. The molecule has 3 N–H and O–H groups in total. The van der Waals surface area contributed by atoms with E-state index in [4.69, 9.17) is 14.2 Å². The fourth-order valence-corrected chi connectivity index (χ4v) is 3.63. The van der Waals surface area contributed by atoms with Crippen LogP contribution in [-0.2, 0) is 6.42 Å². The Labute approximate surface area is 160 Å². The van der Waals surface area contributed by atoms with Crippen molar-refractivity contribution in [2.45, 2.75) is 12.8 Å². The highest BCUT2D eigenvalue weighted by Crippen LogP contribution is 2.40. The highest BCUT2D eigenvalue weighted by Gasteiger charge is 2.21. The molecule has 1 aromatic heterocycles. The van der Waals surface area contributed by atoms with Crippen LogP contribution < -0.4 is 30.2 Å². The first-order chi connectivity index (χ1) is 13.0. The molecule has 0 unspecified atom stereocenters. The van der Waals surface area contributed by atoms with E-state index in [2.05, 4.69) is 20.9 Å². The van der Waals surface area contributed by atoms with Crippen molar-refractivity contribution in [3.8, 4) is 17.2 Å². The SMILES string of the molecule is COc1cc(NC(=O)Nc2nc3c(s2)C(=O)NCCC3)cc(OC)c1OC. The van der Waals surface area contributed by atoms with E-state index in [0.29, 0.717) is 51.6 Å². The first kappa shape index (κ1) is 18.8. The Kier molecular flexibility index (Phi) is 5.65. The predicted octanol–water partition coefficient (Wildman–Crippen LogP) is 2.49. The van der Waals surface area contributed by atoms with Crippen LogP contribution in [-0.4, -0.2) is 44.8 Å². The van der Waals surface area contributed by atoms with E-state index >= 15 is 0 Å². The van der Waals surface area contributed by atoms with Gasteiger partial charge in [0.2, 0.25) is 5.75 Å². The number of hydrogen-bond acceptors (Lipinski definition) is 7. The number of anilines is 2. The van der Waals surface area contributed by atoms with Gasteiger partial charge in [-0.15, -0.1) is 0 Å². The Morgan fingerprint density at radius 1 is 1.15 bits per heavy atom. The van der Waals surface area contributed by atoms with Crippen LogP contribution in [0.4, 0.5) is 15.6 Å². The van der Waals surface area contributed by atoms with Crippen molar-refractivity contribution in [3.05, 3.63) is 22.7 Å². The standard InChI is InChI=1S/C17H20N4O5S/c1-24-11-7-9(8-12(25-2)13(11)26-3)19-16(23)21-17-20-10-5-4-6-18-15(22)14(10)27-17/h7-8H,4-6H2,1-3H3,(H,18,22)(H2,19,20,21,23). The normalized spacial score (nSPS) is 13.1. The molecule has 0 bridgehead atoms. The van der Waals surface area contributed by atoms with E-state index in [1.54, 1.807) is 12.1 Å². The lowest BCUT2D eigenvalue weighted by molar-refractivity contribution is 0.0960. The number of nitrogens with one attached hydrogen (secondary N) is 3. The second kappa shape index (κ2) is 8.12. The van der Waals surface area contributed by atoms with Gasteiger partial charge in [-0.05, 0) is 12.8 Å². The zero-order chi connectivity index (χ0) is 19.4. The number of thiazole rings is 1. The van der Waals surface area contributed by atoms with Gasteiger partial charge in [0.1, 0.15) is 4.88 Å². The minimum absolute atomic E-state index is 0.155. The molecule has 2 heterocycles. The predicted molar refractivity (Wildman–Crippen MR) is 102 cm³/mol. The monoisotopic (exact) mass is 392 g/mol. The van der Waals surface area contributed by atoms with Crippen LogP contribution in [0.15, 0.2) is 12.1 Å². The lowest BCUT2D eigenvalue weighted by atomic mass is 10.2. The van der Waals surface area contributed by atoms with Crippen molar-refractivity contribution < 1.29 is 23.8 Å². The number of ether oxygens (including phenoxy) is 3. The molecule has 0 saturated heterocycles. The van der Waals surface area contributed by atoms with Crippen molar-refractivity contribution in [2.24, 2.45) is 0 Å². The van der Waals surface area contributed by atoms with Crippen molar-refractivity contribution >= 4 is 34.1 Å². The Morgan fingerprint density at radius 2 is 1.85 bits per heavy atom. The summed E-state index contributed by atoms with van der Waals surface area (Å²) in [6, 6.07) is 2.74. The van der Waals surface area contributed by atoms with Crippen molar-refractivity contribution in [1.82, 2.24) is 10.3 Å². The number of hydrogen-bond donors (Lipinski definition) is 3. The van der Waals surface area contributed by atoms with Crippen LogP contribution in [0.5, 0.6) is 17.2 Å². The van der Waals surface area contributed by atoms with Gasteiger partial charge in [-0.25, -0.2) is 9.78 Å². The van der Waals surface area contributed by atoms with E-state index in [1.807, 2.05) is 0 Å². The van der Waals surface area contributed by atoms with Gasteiger partial charge in [0.15, 0.2) is 16.6 Å². The van der Waals surface area contributed by atoms with Gasteiger partial charge in [0.05, 0.1) is 32.7 Å². The quantitative estimate of drug-likeness (QED) is 0.721. The molecule has 3 rings (SSSR count). The molecule has 2 aromatic rings. The largest absolute Gasteiger partial charge is 0.493 e. The highest BCUT2D eigenvalue weighted by atomic mass is 32.1. The summed E-state index contributed by atoms with van der Waals surface area (Å²) in [5, 5.41) is 8.52. The summed E-state index contributed by atoms with van der Waals surface area (Å²) in [5.74, 6) is 1.12. The van der Waals surface area contributed by atoms with Crippen LogP contribution >= 0.6 is 11.3 Å². The Bertz CT molecular complexity index is 842. The molecule has 144 valence electrons. The summed E-state index contributed by atoms with van der Waals surface area (Å²) < 4.78 is 15.8. The molecule has 0 radical (unpaired) electrons. The topological polar surface area (TPSA) is 111 Å². The molecule has 0 aliphatic carbocycles. The van der Waals surface area contributed by atoms with E-state index in [-0.39, 0.29) is 5.91 Å².